The summed E-state index contributed by atoms with van der Waals surface area (Å²) >= 11 is 6.63. The first kappa shape index (κ1) is 9.80. The largest absolute Gasteiger partial charge is 0.149 e. The van der Waals surface area contributed by atoms with Gasteiger partial charge in [-0.2, -0.15) is 0 Å². The van der Waals surface area contributed by atoms with Gasteiger partial charge in [0.1, 0.15) is 4.60 Å². The molecular formula is C10H6Br2N2. The van der Waals surface area contributed by atoms with E-state index >= 15 is 0 Å². The van der Waals surface area contributed by atoms with E-state index in [9.17, 15) is 0 Å². The minimum Gasteiger partial charge on any atom is -0.149 e. The average molecular weight is 314 g/mol. The summed E-state index contributed by atoms with van der Waals surface area (Å²) in [5.74, 6) is 0. The Morgan fingerprint density at radius 2 is 1.50 bits per heavy atom. The van der Waals surface area contributed by atoms with Gasteiger partial charge in [-0.3, -0.25) is 0 Å². The van der Waals surface area contributed by atoms with Gasteiger partial charge in [0.15, 0.2) is 0 Å². The number of aromatic nitrogens is 2. The lowest BCUT2D eigenvalue weighted by atomic mass is 10.1. The van der Waals surface area contributed by atoms with E-state index in [-0.39, 0.29) is 0 Å². The number of hydrogen-bond acceptors (Lipinski definition) is 2. The van der Waals surface area contributed by atoms with Crippen LogP contribution in [-0.2, 0) is 0 Å². The number of hydrogen-bond donors (Lipinski definition) is 0. The standard InChI is InChI=1S/C10H6Br2N2/c11-8-3-1-7(2-4-8)9-5-6-10(12)14-13-9/h1-6H. The van der Waals surface area contributed by atoms with Gasteiger partial charge >= 0.3 is 0 Å². The molecule has 70 valence electrons. The summed E-state index contributed by atoms with van der Waals surface area (Å²) in [6.07, 6.45) is 0. The van der Waals surface area contributed by atoms with Crippen molar-refractivity contribution in [3.05, 3.63) is 45.5 Å². The number of rotatable bonds is 1. The topological polar surface area (TPSA) is 25.8 Å². The van der Waals surface area contributed by atoms with Crippen molar-refractivity contribution in [2.24, 2.45) is 0 Å². The van der Waals surface area contributed by atoms with E-state index in [4.69, 9.17) is 0 Å². The van der Waals surface area contributed by atoms with Crippen molar-refractivity contribution in [1.29, 1.82) is 0 Å². The zero-order valence-corrected chi connectivity index (χ0v) is 10.3. The molecule has 0 bridgehead atoms. The van der Waals surface area contributed by atoms with Crippen LogP contribution in [0.1, 0.15) is 0 Å². The Morgan fingerprint density at radius 3 is 2.07 bits per heavy atom. The molecule has 1 aromatic heterocycles. The number of nitrogens with zero attached hydrogens (tertiary/aromatic N) is 2. The van der Waals surface area contributed by atoms with Gasteiger partial charge in [0.05, 0.1) is 5.69 Å². The van der Waals surface area contributed by atoms with Crippen molar-refractivity contribution in [2.75, 3.05) is 0 Å². The van der Waals surface area contributed by atoms with Crippen LogP contribution in [0.15, 0.2) is 45.5 Å². The highest BCUT2D eigenvalue weighted by Crippen LogP contribution is 2.19. The SMILES string of the molecule is Brc1ccc(-c2ccc(Br)nn2)cc1. The molecule has 1 heterocycles. The summed E-state index contributed by atoms with van der Waals surface area (Å²) in [6, 6.07) is 11.8. The number of halogens is 2. The van der Waals surface area contributed by atoms with E-state index in [0.717, 1.165) is 20.3 Å². The van der Waals surface area contributed by atoms with Gasteiger partial charge in [-0.05, 0) is 40.2 Å². The Hall–Kier alpha value is -0.740. The van der Waals surface area contributed by atoms with Gasteiger partial charge in [0.2, 0.25) is 0 Å². The Morgan fingerprint density at radius 1 is 0.786 bits per heavy atom. The molecule has 0 aliphatic heterocycles. The third kappa shape index (κ3) is 2.19. The van der Waals surface area contributed by atoms with E-state index in [0.29, 0.717) is 0 Å². The Bertz CT molecular complexity index is 379. The smallest absolute Gasteiger partial charge is 0.128 e. The van der Waals surface area contributed by atoms with Gasteiger partial charge in [-0.1, -0.05) is 28.1 Å². The van der Waals surface area contributed by atoms with Crippen molar-refractivity contribution in [2.45, 2.75) is 0 Å². The predicted molar refractivity (Wildman–Crippen MR) is 62.9 cm³/mol. The molecule has 0 unspecified atom stereocenters. The molecule has 2 nitrogen and oxygen atoms in total. The van der Waals surface area contributed by atoms with E-state index in [1.807, 2.05) is 36.4 Å². The highest BCUT2D eigenvalue weighted by Gasteiger charge is 1.99. The van der Waals surface area contributed by atoms with Gasteiger partial charge in [0.25, 0.3) is 0 Å². The molecule has 4 heteroatoms. The number of benzene rings is 1. The van der Waals surface area contributed by atoms with Gasteiger partial charge in [-0.15, -0.1) is 10.2 Å². The van der Waals surface area contributed by atoms with Crippen LogP contribution in [-0.4, -0.2) is 10.2 Å². The maximum Gasteiger partial charge on any atom is 0.128 e. The van der Waals surface area contributed by atoms with Crippen LogP contribution in [0.4, 0.5) is 0 Å². The minimum atomic E-state index is 0.748. The van der Waals surface area contributed by atoms with E-state index in [1.54, 1.807) is 0 Å². The molecule has 0 saturated heterocycles. The van der Waals surface area contributed by atoms with Gasteiger partial charge in [0, 0.05) is 10.0 Å². The summed E-state index contributed by atoms with van der Waals surface area (Å²) in [7, 11) is 0. The van der Waals surface area contributed by atoms with Crippen molar-refractivity contribution in [3.8, 4) is 11.3 Å². The second-order valence-corrected chi connectivity index (χ2v) is 4.48. The molecule has 0 saturated carbocycles. The quantitative estimate of drug-likeness (QED) is 0.803. The first-order valence-electron chi connectivity index (χ1n) is 4.01. The summed E-state index contributed by atoms with van der Waals surface area (Å²) < 4.78 is 1.81. The highest BCUT2D eigenvalue weighted by atomic mass is 79.9. The molecule has 0 amide bonds. The first-order chi connectivity index (χ1) is 6.75. The highest BCUT2D eigenvalue weighted by molar-refractivity contribution is 9.10. The molecule has 0 spiro atoms. The summed E-state index contributed by atoms with van der Waals surface area (Å²) in [4.78, 5) is 0. The average Bonchev–Trinajstić information content (AvgIpc) is 2.21. The molecular weight excluding hydrogens is 308 g/mol. The predicted octanol–water partition coefficient (Wildman–Crippen LogP) is 3.67. The van der Waals surface area contributed by atoms with Crippen LogP contribution in [0, 0.1) is 0 Å². The maximum atomic E-state index is 4.07. The molecule has 0 fully saturated rings. The molecule has 14 heavy (non-hydrogen) atoms. The van der Waals surface area contributed by atoms with Gasteiger partial charge < -0.3 is 0 Å². The van der Waals surface area contributed by atoms with Crippen molar-refractivity contribution >= 4 is 31.9 Å². The second kappa shape index (κ2) is 4.19. The van der Waals surface area contributed by atoms with Crippen LogP contribution < -0.4 is 0 Å². The fourth-order valence-electron chi connectivity index (χ4n) is 1.09. The fraction of sp³-hybridized carbons (Fsp3) is 0. The molecule has 0 N–H and O–H groups in total. The Balaban J connectivity index is 2.40. The lowest BCUT2D eigenvalue weighted by Gasteiger charge is -1.99. The zero-order chi connectivity index (χ0) is 9.97. The zero-order valence-electron chi connectivity index (χ0n) is 7.11. The molecule has 0 aliphatic rings. The molecule has 0 atom stereocenters. The van der Waals surface area contributed by atoms with E-state index in [1.165, 1.54) is 0 Å². The summed E-state index contributed by atoms with van der Waals surface area (Å²) in [6.45, 7) is 0. The van der Waals surface area contributed by atoms with E-state index < -0.39 is 0 Å². The van der Waals surface area contributed by atoms with Crippen molar-refractivity contribution in [1.82, 2.24) is 10.2 Å². The molecule has 0 radical (unpaired) electrons. The van der Waals surface area contributed by atoms with Crippen LogP contribution in [0.2, 0.25) is 0 Å². The Kier molecular flexibility index (Phi) is 2.93. The normalized spacial score (nSPS) is 10.1. The molecule has 1 aromatic carbocycles. The van der Waals surface area contributed by atoms with Crippen molar-refractivity contribution < 1.29 is 0 Å². The van der Waals surface area contributed by atoms with Crippen LogP contribution in [0.3, 0.4) is 0 Å². The summed E-state index contributed by atoms with van der Waals surface area (Å²) in [5.41, 5.74) is 1.94. The molecule has 2 aromatic rings. The first-order valence-corrected chi connectivity index (χ1v) is 5.59. The third-order valence-electron chi connectivity index (χ3n) is 1.77. The summed E-state index contributed by atoms with van der Waals surface area (Å²) in [5, 5.41) is 8.00. The monoisotopic (exact) mass is 312 g/mol. The molecule has 2 rings (SSSR count). The van der Waals surface area contributed by atoms with E-state index in [2.05, 4.69) is 42.1 Å². The van der Waals surface area contributed by atoms with Crippen LogP contribution in [0.25, 0.3) is 11.3 Å². The molecule has 0 aliphatic carbocycles. The lowest BCUT2D eigenvalue weighted by molar-refractivity contribution is 1.01. The van der Waals surface area contributed by atoms with Crippen LogP contribution >= 0.6 is 31.9 Å². The maximum absolute atomic E-state index is 4.07. The Labute approximate surface area is 98.6 Å². The lowest BCUT2D eigenvalue weighted by Crippen LogP contribution is -1.86. The van der Waals surface area contributed by atoms with Crippen LogP contribution in [0.5, 0.6) is 0 Å². The van der Waals surface area contributed by atoms with Gasteiger partial charge in [-0.25, -0.2) is 0 Å². The second-order valence-electron chi connectivity index (χ2n) is 2.75. The minimum absolute atomic E-state index is 0.748. The fourth-order valence-corrected chi connectivity index (χ4v) is 1.57. The van der Waals surface area contributed by atoms with Crippen molar-refractivity contribution in [3.63, 3.8) is 0 Å². The third-order valence-corrected chi connectivity index (χ3v) is 2.72.